The van der Waals surface area contributed by atoms with Crippen LogP contribution in [0.5, 0.6) is 0 Å². The normalized spacial score (nSPS) is 17.3. The van der Waals surface area contributed by atoms with Crippen LogP contribution in [0.15, 0.2) is 56.1 Å². The Morgan fingerprint density at radius 1 is 1.27 bits per heavy atom. The molecule has 0 amide bonds. The number of hydrogen-bond donors (Lipinski definition) is 3. The maximum Gasteiger partial charge on any atom is 0.310 e. The van der Waals surface area contributed by atoms with Crippen molar-refractivity contribution in [2.75, 3.05) is 11.4 Å². The quantitative estimate of drug-likeness (QED) is 0.142. The number of thiazole rings is 1. The predicted molar refractivity (Wildman–Crippen MR) is 121 cm³/mol. The summed E-state index contributed by atoms with van der Waals surface area (Å²) in [6.45, 7) is 0.393. The lowest BCUT2D eigenvalue weighted by molar-refractivity contribution is -0.692. The van der Waals surface area contributed by atoms with E-state index >= 15 is 0 Å². The molecule has 0 bridgehead atoms. The Balaban J connectivity index is 1.61. The number of anilines is 1. The largest absolute Gasteiger partial charge is 0.481 e. The topological polar surface area (TPSA) is 137 Å². The molecule has 3 aromatic rings. The molecule has 0 fully saturated rings. The van der Waals surface area contributed by atoms with E-state index in [1.807, 2.05) is 22.8 Å². The Labute approximate surface area is 199 Å². The van der Waals surface area contributed by atoms with Gasteiger partial charge < -0.3 is 10.0 Å². The highest BCUT2D eigenvalue weighted by molar-refractivity contribution is 8.04. The molecule has 5 rings (SSSR count). The average Bonchev–Trinajstić information content (AvgIpc) is 3.23. The number of aliphatic carboxylic acids is 1. The van der Waals surface area contributed by atoms with Gasteiger partial charge in [-0.25, -0.2) is 5.26 Å². The van der Waals surface area contributed by atoms with E-state index in [1.54, 1.807) is 12.1 Å². The summed E-state index contributed by atoms with van der Waals surface area (Å²) >= 11 is 3.69. The molecule has 2 aliphatic heterocycles. The number of aromatic nitrogens is 1. The second-order valence-corrected chi connectivity index (χ2v) is 11.5. The van der Waals surface area contributed by atoms with Gasteiger partial charge in [-0.05, 0) is 30.3 Å². The van der Waals surface area contributed by atoms with Crippen LogP contribution in [0.1, 0.15) is 17.5 Å². The van der Waals surface area contributed by atoms with Crippen LogP contribution >= 0.6 is 35.1 Å². The molecule has 3 N–H and O–H groups in total. The van der Waals surface area contributed by atoms with E-state index < -0.39 is 22.1 Å². The monoisotopic (exact) mass is 527 g/mol. The first-order valence-electron chi connectivity index (χ1n) is 9.38. The Morgan fingerprint density at radius 3 is 2.82 bits per heavy atom. The summed E-state index contributed by atoms with van der Waals surface area (Å²) in [6, 6.07) is 9.45. The Kier molecular flexibility index (Phi) is 5.86. The molecule has 0 saturated heterocycles. The Bertz CT molecular complexity index is 1420. The zero-order valence-electron chi connectivity index (χ0n) is 16.4. The third kappa shape index (κ3) is 4.24. The number of hydrogen-bond acceptors (Lipinski definition) is 10. The fourth-order valence-corrected chi connectivity index (χ4v) is 7.41. The van der Waals surface area contributed by atoms with E-state index in [0.717, 1.165) is 32.7 Å². The maximum absolute atomic E-state index is 11.7. The van der Waals surface area contributed by atoms with Crippen molar-refractivity contribution in [2.24, 2.45) is 0 Å². The number of fused-ring (bicyclic) bond motifs is 6. The number of benzene rings is 2. The molecule has 2 aliphatic rings. The highest BCUT2D eigenvalue weighted by Crippen LogP contribution is 2.49. The summed E-state index contributed by atoms with van der Waals surface area (Å²) in [6.07, 6.45) is 1.82. The second kappa shape index (κ2) is 8.56. The molecule has 33 heavy (non-hydrogen) atoms. The number of nitrogens with zero attached hydrogens (tertiary/aromatic N) is 2. The minimum absolute atomic E-state index is 0.128. The first-order valence-corrected chi connectivity index (χ1v) is 13.2. The van der Waals surface area contributed by atoms with E-state index in [4.69, 9.17) is 5.26 Å². The molecule has 0 radical (unpaired) electrons. The molecule has 14 heteroatoms. The highest BCUT2D eigenvalue weighted by Gasteiger charge is 2.39. The van der Waals surface area contributed by atoms with Crippen LogP contribution in [0.3, 0.4) is 0 Å². The molecular formula is C19H15N2O8S4+. The molecule has 1 unspecified atom stereocenters. The summed E-state index contributed by atoms with van der Waals surface area (Å²) in [5.41, 5.74) is 1.62. The SMILES string of the molecule is O=C(O)CC1CN2C(=Cc3sc4cc(S(=O)(=O)O)ccc4[n+]31)Sc1cc(SOOO)ccc12. The lowest BCUT2D eigenvalue weighted by Crippen LogP contribution is -2.45. The molecule has 0 aliphatic carbocycles. The summed E-state index contributed by atoms with van der Waals surface area (Å²) in [7, 11) is -4.36. The van der Waals surface area contributed by atoms with Gasteiger partial charge in [-0.2, -0.15) is 13.0 Å². The lowest BCUT2D eigenvalue weighted by Gasteiger charge is -2.21. The van der Waals surface area contributed by atoms with Crippen molar-refractivity contribution in [1.82, 2.24) is 0 Å². The average molecular weight is 528 g/mol. The van der Waals surface area contributed by atoms with Crippen molar-refractivity contribution in [2.45, 2.75) is 27.1 Å². The van der Waals surface area contributed by atoms with Crippen LogP contribution < -0.4 is 9.47 Å². The molecule has 1 aromatic heterocycles. The fraction of sp³-hybridized carbons (Fsp3) is 0.158. The first-order chi connectivity index (χ1) is 15.7. The highest BCUT2D eigenvalue weighted by atomic mass is 32.2. The van der Waals surface area contributed by atoms with Crippen molar-refractivity contribution >= 4 is 73.2 Å². The minimum atomic E-state index is -4.36. The molecule has 0 spiro atoms. The van der Waals surface area contributed by atoms with Gasteiger partial charge in [0, 0.05) is 15.9 Å². The summed E-state index contributed by atoms with van der Waals surface area (Å²) in [4.78, 5) is 15.2. The molecule has 3 heterocycles. The van der Waals surface area contributed by atoms with Gasteiger partial charge >= 0.3 is 5.97 Å². The van der Waals surface area contributed by atoms with Crippen LogP contribution in [0.4, 0.5) is 5.69 Å². The molecular weight excluding hydrogens is 512 g/mol. The van der Waals surface area contributed by atoms with E-state index in [2.05, 4.69) is 14.3 Å². The Hall–Kier alpha value is -2.17. The maximum atomic E-state index is 11.7. The number of carboxylic acid groups (broad SMARTS) is 1. The van der Waals surface area contributed by atoms with Crippen LogP contribution in [-0.2, 0) is 24.3 Å². The lowest BCUT2D eigenvalue weighted by atomic mass is 10.1. The Morgan fingerprint density at radius 2 is 2.09 bits per heavy atom. The van der Waals surface area contributed by atoms with Gasteiger partial charge in [0.15, 0.2) is 6.04 Å². The standard InChI is InChI=1S/C19H14N2O8S4/c22-19(23)5-10-9-20-13-3-1-11(32-29-28-24)6-15(13)30-17(20)8-18-21(10)14-4-2-12(33(25,26)27)7-16(14)31-18/h1-4,6-8,10H,5,9H2,(H2-,22,23,24,25,26,27)/p+1. The summed E-state index contributed by atoms with van der Waals surface area (Å²) in [5.74, 6) is -0.948. The number of thioether (sulfide) groups is 1. The molecule has 2 aromatic carbocycles. The van der Waals surface area contributed by atoms with Gasteiger partial charge in [0.1, 0.15) is 11.1 Å². The summed E-state index contributed by atoms with van der Waals surface area (Å²) in [5, 5.41) is 23.3. The van der Waals surface area contributed by atoms with Crippen LogP contribution in [-0.4, -0.2) is 35.8 Å². The van der Waals surface area contributed by atoms with Gasteiger partial charge in [0.05, 0.1) is 40.3 Å². The van der Waals surface area contributed by atoms with Gasteiger partial charge in [0.2, 0.25) is 5.52 Å². The van der Waals surface area contributed by atoms with Crippen LogP contribution in [0.25, 0.3) is 16.3 Å². The zero-order chi connectivity index (χ0) is 23.3. The van der Waals surface area contributed by atoms with Crippen molar-refractivity contribution in [3.8, 4) is 0 Å². The predicted octanol–water partition coefficient (Wildman–Crippen LogP) is 3.80. The molecule has 10 nitrogen and oxygen atoms in total. The number of carboxylic acids is 1. The van der Waals surface area contributed by atoms with E-state index in [0.29, 0.717) is 21.7 Å². The van der Waals surface area contributed by atoms with Crippen molar-refractivity contribution < 1.29 is 42.1 Å². The van der Waals surface area contributed by atoms with Crippen LogP contribution in [0.2, 0.25) is 0 Å². The zero-order valence-corrected chi connectivity index (χ0v) is 19.7. The molecule has 172 valence electrons. The van der Waals surface area contributed by atoms with Crippen molar-refractivity contribution in [3.05, 3.63) is 46.4 Å². The van der Waals surface area contributed by atoms with Gasteiger partial charge in [-0.3, -0.25) is 9.35 Å². The molecule has 1 atom stereocenters. The van der Waals surface area contributed by atoms with E-state index in [-0.39, 0.29) is 11.3 Å². The van der Waals surface area contributed by atoms with Crippen LogP contribution in [0, 0.1) is 0 Å². The summed E-state index contributed by atoms with van der Waals surface area (Å²) < 4.78 is 39.6. The number of rotatable bonds is 6. The molecule has 0 saturated carbocycles. The smallest absolute Gasteiger partial charge is 0.310 e. The third-order valence-corrected chi connectivity index (χ3v) is 8.81. The van der Waals surface area contributed by atoms with E-state index in [9.17, 15) is 22.9 Å². The fourth-order valence-electron chi connectivity index (χ4n) is 3.94. The third-order valence-electron chi connectivity index (χ3n) is 5.22. The van der Waals surface area contributed by atoms with Crippen molar-refractivity contribution in [1.29, 1.82) is 0 Å². The number of carbonyl (C=O) groups is 1. The van der Waals surface area contributed by atoms with Gasteiger partial charge in [-0.1, -0.05) is 28.1 Å². The first kappa shape index (κ1) is 22.6. The second-order valence-electron chi connectivity index (χ2n) is 7.22. The van der Waals surface area contributed by atoms with Gasteiger partial charge in [-0.15, -0.1) is 4.33 Å². The van der Waals surface area contributed by atoms with Crippen molar-refractivity contribution in [3.63, 3.8) is 0 Å². The van der Waals surface area contributed by atoms with E-state index in [1.165, 1.54) is 35.2 Å². The minimum Gasteiger partial charge on any atom is -0.481 e. The van der Waals surface area contributed by atoms with Gasteiger partial charge in [0.25, 0.3) is 15.1 Å².